The van der Waals surface area contributed by atoms with Crippen molar-refractivity contribution in [1.82, 2.24) is 5.32 Å². The van der Waals surface area contributed by atoms with Gasteiger partial charge in [-0.1, -0.05) is 26.7 Å². The van der Waals surface area contributed by atoms with E-state index < -0.39 is 0 Å². The zero-order valence-electron chi connectivity index (χ0n) is 12.0. The highest BCUT2D eigenvalue weighted by Gasteiger charge is 2.40. The molecule has 0 aromatic carbocycles. The smallest absolute Gasteiger partial charge is 0.227 e. The van der Waals surface area contributed by atoms with Crippen LogP contribution in [0.15, 0.2) is 0 Å². The van der Waals surface area contributed by atoms with E-state index in [0.29, 0.717) is 25.7 Å². The first-order valence-corrected chi connectivity index (χ1v) is 7.14. The van der Waals surface area contributed by atoms with Gasteiger partial charge < -0.3 is 15.8 Å². The number of hydrogen-bond acceptors (Lipinski definition) is 3. The van der Waals surface area contributed by atoms with Crippen LogP contribution in [-0.2, 0) is 9.53 Å². The molecule has 1 saturated carbocycles. The van der Waals surface area contributed by atoms with E-state index in [9.17, 15) is 4.79 Å². The molecule has 1 rings (SSSR count). The number of ether oxygens (including phenoxy) is 1. The highest BCUT2D eigenvalue weighted by molar-refractivity contribution is 5.83. The lowest BCUT2D eigenvalue weighted by Crippen LogP contribution is -2.50. The van der Waals surface area contributed by atoms with E-state index in [2.05, 4.69) is 19.2 Å². The molecule has 0 bridgehead atoms. The fourth-order valence-corrected chi connectivity index (χ4v) is 2.54. The summed E-state index contributed by atoms with van der Waals surface area (Å²) >= 11 is 0. The molecule has 1 aliphatic rings. The maximum Gasteiger partial charge on any atom is 0.227 e. The molecule has 1 atom stereocenters. The molecule has 4 heteroatoms. The minimum atomic E-state index is -0.320. The summed E-state index contributed by atoms with van der Waals surface area (Å²) in [6.07, 6.45) is 4.08. The highest BCUT2D eigenvalue weighted by atomic mass is 16.5. The van der Waals surface area contributed by atoms with Gasteiger partial charge in [0.25, 0.3) is 0 Å². The second-order valence-corrected chi connectivity index (χ2v) is 5.67. The van der Waals surface area contributed by atoms with Crippen molar-refractivity contribution in [2.45, 2.75) is 52.5 Å². The molecule has 0 saturated heterocycles. The van der Waals surface area contributed by atoms with Gasteiger partial charge in [0.05, 0.1) is 18.1 Å². The van der Waals surface area contributed by atoms with Crippen LogP contribution in [0.25, 0.3) is 0 Å². The minimum Gasteiger partial charge on any atom is -0.380 e. The molecule has 18 heavy (non-hydrogen) atoms. The van der Waals surface area contributed by atoms with Gasteiger partial charge in [0.1, 0.15) is 0 Å². The molecule has 1 unspecified atom stereocenters. The zero-order valence-corrected chi connectivity index (χ0v) is 12.0. The lowest BCUT2D eigenvalue weighted by Gasteiger charge is -2.30. The second-order valence-electron chi connectivity index (χ2n) is 5.67. The van der Waals surface area contributed by atoms with E-state index in [0.717, 1.165) is 25.7 Å². The Balaban J connectivity index is 2.59. The van der Waals surface area contributed by atoms with E-state index in [1.807, 2.05) is 6.92 Å². The largest absolute Gasteiger partial charge is 0.380 e. The van der Waals surface area contributed by atoms with Gasteiger partial charge in [-0.2, -0.15) is 0 Å². The summed E-state index contributed by atoms with van der Waals surface area (Å²) in [7, 11) is 0. The quantitative estimate of drug-likeness (QED) is 0.728. The van der Waals surface area contributed by atoms with Crippen molar-refractivity contribution in [3.63, 3.8) is 0 Å². The van der Waals surface area contributed by atoms with E-state index in [-0.39, 0.29) is 17.4 Å². The Labute approximate surface area is 111 Å². The Hall–Kier alpha value is -0.610. The van der Waals surface area contributed by atoms with Crippen molar-refractivity contribution in [1.29, 1.82) is 0 Å². The van der Waals surface area contributed by atoms with Gasteiger partial charge >= 0.3 is 0 Å². The van der Waals surface area contributed by atoms with E-state index in [1.54, 1.807) is 0 Å². The first kappa shape index (κ1) is 15.4. The first-order chi connectivity index (χ1) is 8.55. The number of nitrogens with two attached hydrogens (primary N) is 1. The molecule has 4 nitrogen and oxygen atoms in total. The van der Waals surface area contributed by atoms with Gasteiger partial charge in [-0.15, -0.1) is 0 Å². The molecule has 1 fully saturated rings. The Bertz CT molecular complexity index is 261. The molecule has 0 aliphatic heterocycles. The molecule has 3 N–H and O–H groups in total. The monoisotopic (exact) mass is 256 g/mol. The molecule has 1 aliphatic carbocycles. The van der Waals surface area contributed by atoms with E-state index >= 15 is 0 Å². The van der Waals surface area contributed by atoms with E-state index in [1.165, 1.54) is 0 Å². The van der Waals surface area contributed by atoms with Gasteiger partial charge in [-0.05, 0) is 25.7 Å². The van der Waals surface area contributed by atoms with Gasteiger partial charge in [0, 0.05) is 13.2 Å². The average molecular weight is 256 g/mol. The van der Waals surface area contributed by atoms with Crippen LogP contribution in [0.1, 0.15) is 46.5 Å². The molecule has 1 amide bonds. The Morgan fingerprint density at radius 2 is 2.00 bits per heavy atom. The standard InChI is InChI=1S/C14H28N2O2/c1-4-18-9-12(11(2)3)16-13(17)14(10-15)7-5-6-8-14/h11-12H,4-10,15H2,1-3H3,(H,16,17). The fourth-order valence-electron chi connectivity index (χ4n) is 2.54. The lowest BCUT2D eigenvalue weighted by molar-refractivity contribution is -0.132. The fraction of sp³-hybridized carbons (Fsp3) is 0.929. The Morgan fingerprint density at radius 1 is 1.39 bits per heavy atom. The van der Waals surface area contributed by atoms with Crippen molar-refractivity contribution in [2.75, 3.05) is 19.8 Å². The van der Waals surface area contributed by atoms with Crippen LogP contribution < -0.4 is 11.1 Å². The van der Waals surface area contributed by atoms with Crippen molar-refractivity contribution in [3.05, 3.63) is 0 Å². The van der Waals surface area contributed by atoms with Crippen molar-refractivity contribution in [3.8, 4) is 0 Å². The van der Waals surface area contributed by atoms with Crippen molar-refractivity contribution < 1.29 is 9.53 Å². The molecule has 0 radical (unpaired) electrons. The predicted octanol–water partition coefficient (Wildman–Crippen LogP) is 1.68. The summed E-state index contributed by atoms with van der Waals surface area (Å²) in [6.45, 7) is 7.90. The molecule has 0 spiro atoms. The number of rotatable bonds is 7. The zero-order chi connectivity index (χ0) is 13.6. The number of carbonyl (C=O) groups is 1. The van der Waals surface area contributed by atoms with Gasteiger partial charge in [-0.25, -0.2) is 0 Å². The predicted molar refractivity (Wildman–Crippen MR) is 73.2 cm³/mol. The average Bonchev–Trinajstić information content (AvgIpc) is 2.83. The molecule has 106 valence electrons. The van der Waals surface area contributed by atoms with Gasteiger partial charge in [-0.3, -0.25) is 4.79 Å². The Kier molecular flexibility index (Phi) is 6.09. The van der Waals surface area contributed by atoms with Crippen molar-refractivity contribution in [2.24, 2.45) is 17.1 Å². The van der Waals surface area contributed by atoms with Crippen LogP contribution in [0.4, 0.5) is 0 Å². The molecule has 0 heterocycles. The molecular weight excluding hydrogens is 228 g/mol. The van der Waals surface area contributed by atoms with Gasteiger partial charge in [0.15, 0.2) is 0 Å². The van der Waals surface area contributed by atoms with Crippen LogP contribution in [0.2, 0.25) is 0 Å². The number of nitrogens with one attached hydrogen (secondary N) is 1. The third-order valence-corrected chi connectivity index (χ3v) is 4.06. The third-order valence-electron chi connectivity index (χ3n) is 4.06. The van der Waals surface area contributed by atoms with E-state index in [4.69, 9.17) is 10.5 Å². The summed E-state index contributed by atoms with van der Waals surface area (Å²) in [5.41, 5.74) is 5.51. The summed E-state index contributed by atoms with van der Waals surface area (Å²) in [5.74, 6) is 0.498. The number of carbonyl (C=O) groups excluding carboxylic acids is 1. The number of hydrogen-bond donors (Lipinski definition) is 2. The maximum absolute atomic E-state index is 12.4. The maximum atomic E-state index is 12.4. The lowest BCUT2D eigenvalue weighted by atomic mass is 9.84. The Morgan fingerprint density at radius 3 is 2.44 bits per heavy atom. The van der Waals surface area contributed by atoms with Crippen molar-refractivity contribution >= 4 is 5.91 Å². The van der Waals surface area contributed by atoms with Crippen LogP contribution >= 0.6 is 0 Å². The molecular formula is C14H28N2O2. The summed E-state index contributed by atoms with van der Waals surface area (Å²) < 4.78 is 5.44. The first-order valence-electron chi connectivity index (χ1n) is 7.14. The summed E-state index contributed by atoms with van der Waals surface area (Å²) in [5, 5.41) is 3.14. The number of amides is 1. The second kappa shape index (κ2) is 7.10. The SMILES string of the molecule is CCOCC(NC(=O)C1(CN)CCCC1)C(C)C. The highest BCUT2D eigenvalue weighted by Crippen LogP contribution is 2.37. The summed E-state index contributed by atoms with van der Waals surface area (Å²) in [4.78, 5) is 12.4. The summed E-state index contributed by atoms with van der Waals surface area (Å²) in [6, 6.07) is 0.0847. The minimum absolute atomic E-state index is 0.0847. The van der Waals surface area contributed by atoms with Crippen LogP contribution in [-0.4, -0.2) is 31.7 Å². The van der Waals surface area contributed by atoms with Crippen LogP contribution in [0, 0.1) is 11.3 Å². The third kappa shape index (κ3) is 3.69. The topological polar surface area (TPSA) is 64.3 Å². The normalized spacial score (nSPS) is 20.1. The van der Waals surface area contributed by atoms with Crippen LogP contribution in [0.3, 0.4) is 0 Å². The van der Waals surface area contributed by atoms with Gasteiger partial charge in [0.2, 0.25) is 5.91 Å². The molecule has 0 aromatic heterocycles. The molecule has 0 aromatic rings. The van der Waals surface area contributed by atoms with Crippen LogP contribution in [0.5, 0.6) is 0 Å².